The van der Waals surface area contributed by atoms with E-state index in [1.54, 1.807) is 0 Å². The highest BCUT2D eigenvalue weighted by Crippen LogP contribution is 2.26. The number of fused-ring (bicyclic) bond motifs is 1. The Labute approximate surface area is 141 Å². The first-order chi connectivity index (χ1) is 11.2. The molecule has 0 radical (unpaired) electrons. The maximum Gasteiger partial charge on any atom is 0.220 e. The molecule has 2 aromatic carbocycles. The monoisotopic (exact) mass is 329 g/mol. The topological polar surface area (TPSA) is 38.3 Å². The largest absolute Gasteiger partial charge is 0.493 e. The lowest BCUT2D eigenvalue weighted by molar-refractivity contribution is -0.121. The SMILES string of the molecule is O=C(CCc1ccc(Cl)cc1)NCC1COc2ccccc2C1. The smallest absolute Gasteiger partial charge is 0.220 e. The summed E-state index contributed by atoms with van der Waals surface area (Å²) in [5.41, 5.74) is 2.35. The second-order valence-electron chi connectivity index (χ2n) is 5.92. The summed E-state index contributed by atoms with van der Waals surface area (Å²) in [6.07, 6.45) is 2.17. The van der Waals surface area contributed by atoms with Gasteiger partial charge in [0.15, 0.2) is 0 Å². The molecule has 1 aliphatic heterocycles. The molecule has 0 saturated heterocycles. The summed E-state index contributed by atoms with van der Waals surface area (Å²) in [5.74, 6) is 1.39. The van der Waals surface area contributed by atoms with Crippen molar-refractivity contribution in [2.45, 2.75) is 19.3 Å². The molecule has 1 heterocycles. The molecule has 0 saturated carbocycles. The highest BCUT2D eigenvalue weighted by atomic mass is 35.5. The summed E-state index contributed by atoms with van der Waals surface area (Å²) < 4.78 is 5.75. The summed E-state index contributed by atoms with van der Waals surface area (Å²) in [4.78, 5) is 12.0. The third kappa shape index (κ3) is 4.49. The molecule has 0 bridgehead atoms. The Kier molecular flexibility index (Phi) is 5.19. The number of aryl methyl sites for hydroxylation is 1. The van der Waals surface area contributed by atoms with Crippen molar-refractivity contribution in [3.05, 3.63) is 64.7 Å². The molecule has 4 heteroatoms. The minimum atomic E-state index is 0.0822. The molecule has 1 atom stereocenters. The molecular formula is C19H20ClNO2. The van der Waals surface area contributed by atoms with E-state index in [0.717, 1.165) is 29.2 Å². The first-order valence-electron chi connectivity index (χ1n) is 7.92. The van der Waals surface area contributed by atoms with E-state index < -0.39 is 0 Å². The Morgan fingerprint density at radius 2 is 1.96 bits per heavy atom. The van der Waals surface area contributed by atoms with Crippen LogP contribution >= 0.6 is 11.6 Å². The van der Waals surface area contributed by atoms with E-state index in [4.69, 9.17) is 16.3 Å². The Morgan fingerprint density at radius 1 is 1.17 bits per heavy atom. The van der Waals surface area contributed by atoms with Crippen LogP contribution in [0.5, 0.6) is 5.75 Å². The van der Waals surface area contributed by atoms with Crippen LogP contribution in [-0.4, -0.2) is 19.1 Å². The maximum atomic E-state index is 12.0. The van der Waals surface area contributed by atoms with Gasteiger partial charge in [-0.1, -0.05) is 41.9 Å². The minimum Gasteiger partial charge on any atom is -0.493 e. The van der Waals surface area contributed by atoms with Crippen molar-refractivity contribution >= 4 is 17.5 Å². The fraction of sp³-hybridized carbons (Fsp3) is 0.316. The van der Waals surface area contributed by atoms with Crippen molar-refractivity contribution in [2.75, 3.05) is 13.2 Å². The molecule has 3 rings (SSSR count). The van der Waals surface area contributed by atoms with Crippen LogP contribution in [0.2, 0.25) is 5.02 Å². The number of halogens is 1. The average Bonchev–Trinajstić information content (AvgIpc) is 2.59. The first kappa shape index (κ1) is 15.9. The van der Waals surface area contributed by atoms with E-state index >= 15 is 0 Å². The van der Waals surface area contributed by atoms with Crippen molar-refractivity contribution < 1.29 is 9.53 Å². The number of nitrogens with one attached hydrogen (secondary N) is 1. The van der Waals surface area contributed by atoms with Crippen LogP contribution < -0.4 is 10.1 Å². The second kappa shape index (κ2) is 7.51. The summed E-state index contributed by atoms with van der Waals surface area (Å²) in [5, 5.41) is 3.74. The zero-order chi connectivity index (χ0) is 16.1. The number of carbonyl (C=O) groups excluding carboxylic acids is 1. The predicted molar refractivity (Wildman–Crippen MR) is 91.9 cm³/mol. The number of ether oxygens (including phenoxy) is 1. The Bertz CT molecular complexity index is 669. The number of carbonyl (C=O) groups is 1. The van der Waals surface area contributed by atoms with E-state index in [-0.39, 0.29) is 5.91 Å². The van der Waals surface area contributed by atoms with Crippen LogP contribution in [0, 0.1) is 5.92 Å². The number of amides is 1. The molecular weight excluding hydrogens is 310 g/mol. The van der Waals surface area contributed by atoms with Crippen LogP contribution in [-0.2, 0) is 17.6 Å². The van der Waals surface area contributed by atoms with Crippen LogP contribution in [0.1, 0.15) is 17.5 Å². The number of benzene rings is 2. The van der Waals surface area contributed by atoms with Crippen LogP contribution in [0.4, 0.5) is 0 Å². The molecule has 3 nitrogen and oxygen atoms in total. The van der Waals surface area contributed by atoms with Gasteiger partial charge in [-0.15, -0.1) is 0 Å². The van der Waals surface area contributed by atoms with Gasteiger partial charge in [0, 0.05) is 23.9 Å². The minimum absolute atomic E-state index is 0.0822. The number of hydrogen-bond acceptors (Lipinski definition) is 2. The van der Waals surface area contributed by atoms with E-state index in [2.05, 4.69) is 11.4 Å². The number of rotatable bonds is 5. The van der Waals surface area contributed by atoms with Gasteiger partial charge >= 0.3 is 0 Å². The van der Waals surface area contributed by atoms with Gasteiger partial charge in [-0.25, -0.2) is 0 Å². The van der Waals surface area contributed by atoms with Gasteiger partial charge in [0.1, 0.15) is 5.75 Å². The van der Waals surface area contributed by atoms with Crippen molar-refractivity contribution in [1.29, 1.82) is 0 Å². The zero-order valence-electron chi connectivity index (χ0n) is 12.9. The lowest BCUT2D eigenvalue weighted by Gasteiger charge is -2.25. The van der Waals surface area contributed by atoms with Gasteiger partial charge < -0.3 is 10.1 Å². The fourth-order valence-corrected chi connectivity index (χ4v) is 2.90. The molecule has 1 aliphatic rings. The van der Waals surface area contributed by atoms with Crippen molar-refractivity contribution in [3.63, 3.8) is 0 Å². The third-order valence-corrected chi connectivity index (χ3v) is 4.35. The van der Waals surface area contributed by atoms with Gasteiger partial charge in [0.05, 0.1) is 6.61 Å². The molecule has 1 amide bonds. The van der Waals surface area contributed by atoms with Crippen LogP contribution in [0.25, 0.3) is 0 Å². The molecule has 0 spiro atoms. The van der Waals surface area contributed by atoms with Crippen LogP contribution in [0.3, 0.4) is 0 Å². The summed E-state index contributed by atoms with van der Waals surface area (Å²) >= 11 is 5.85. The molecule has 0 aliphatic carbocycles. The van der Waals surface area contributed by atoms with Gasteiger partial charge in [0.25, 0.3) is 0 Å². The van der Waals surface area contributed by atoms with Crippen molar-refractivity contribution in [2.24, 2.45) is 5.92 Å². The lowest BCUT2D eigenvalue weighted by atomic mass is 9.96. The van der Waals surface area contributed by atoms with E-state index in [1.165, 1.54) is 5.56 Å². The van der Waals surface area contributed by atoms with Gasteiger partial charge in [-0.05, 0) is 42.2 Å². The quantitative estimate of drug-likeness (QED) is 0.909. The molecule has 23 heavy (non-hydrogen) atoms. The lowest BCUT2D eigenvalue weighted by Crippen LogP contribution is -2.34. The first-order valence-corrected chi connectivity index (χ1v) is 8.30. The average molecular weight is 330 g/mol. The highest BCUT2D eigenvalue weighted by molar-refractivity contribution is 6.30. The molecule has 0 aromatic heterocycles. The molecule has 1 N–H and O–H groups in total. The summed E-state index contributed by atoms with van der Waals surface area (Å²) in [6.45, 7) is 1.32. The van der Waals surface area contributed by atoms with Crippen molar-refractivity contribution in [3.8, 4) is 5.75 Å². The van der Waals surface area contributed by atoms with E-state index in [9.17, 15) is 4.79 Å². The standard InChI is InChI=1S/C19H20ClNO2/c20-17-8-5-14(6-9-17)7-10-19(22)21-12-15-11-16-3-1-2-4-18(16)23-13-15/h1-6,8-9,15H,7,10-13H2,(H,21,22). The molecule has 2 aromatic rings. The second-order valence-corrected chi connectivity index (χ2v) is 6.36. The molecule has 1 unspecified atom stereocenters. The summed E-state index contributed by atoms with van der Waals surface area (Å²) in [6, 6.07) is 15.7. The maximum absolute atomic E-state index is 12.0. The normalized spacial score (nSPS) is 16.3. The van der Waals surface area contributed by atoms with E-state index in [0.29, 0.717) is 25.5 Å². The predicted octanol–water partition coefficient (Wildman–Crippen LogP) is 3.64. The number of para-hydroxylation sites is 1. The third-order valence-electron chi connectivity index (χ3n) is 4.10. The summed E-state index contributed by atoms with van der Waals surface area (Å²) in [7, 11) is 0. The number of hydrogen-bond donors (Lipinski definition) is 1. The Hall–Kier alpha value is -2.00. The molecule has 0 fully saturated rings. The Morgan fingerprint density at radius 3 is 2.78 bits per heavy atom. The van der Waals surface area contributed by atoms with Gasteiger partial charge in [-0.2, -0.15) is 0 Å². The van der Waals surface area contributed by atoms with Gasteiger partial charge in [0.2, 0.25) is 5.91 Å². The van der Waals surface area contributed by atoms with Crippen molar-refractivity contribution in [1.82, 2.24) is 5.32 Å². The Balaban J connectivity index is 1.42. The van der Waals surface area contributed by atoms with E-state index in [1.807, 2.05) is 42.5 Å². The highest BCUT2D eigenvalue weighted by Gasteiger charge is 2.19. The van der Waals surface area contributed by atoms with Crippen LogP contribution in [0.15, 0.2) is 48.5 Å². The molecule has 120 valence electrons. The van der Waals surface area contributed by atoms with Gasteiger partial charge in [-0.3, -0.25) is 4.79 Å². The fourth-order valence-electron chi connectivity index (χ4n) is 2.78. The zero-order valence-corrected chi connectivity index (χ0v) is 13.7.